The normalized spacial score (nSPS) is 13.2. The molecule has 0 aliphatic rings. The molecule has 0 aromatic rings. The van der Waals surface area contributed by atoms with Crippen LogP contribution in [0.1, 0.15) is 60.8 Å². The average Bonchev–Trinajstić information content (AvgIpc) is 2.59. The summed E-state index contributed by atoms with van der Waals surface area (Å²) in [6.45, 7) is 8.72. The Morgan fingerprint density at radius 1 is 0.909 bits per heavy atom. The molecular formula is C18H31N3O12. The summed E-state index contributed by atoms with van der Waals surface area (Å²) in [7, 11) is 0. The minimum absolute atomic E-state index is 0.174. The summed E-state index contributed by atoms with van der Waals surface area (Å²) >= 11 is 0. The van der Waals surface area contributed by atoms with Crippen LogP contribution in [-0.4, -0.2) is 64.8 Å². The first-order valence-electron chi connectivity index (χ1n) is 9.95. The number of carbonyl (C=O) groups is 3. The van der Waals surface area contributed by atoms with Crippen molar-refractivity contribution in [3.05, 3.63) is 20.2 Å². The molecule has 0 bridgehead atoms. The molecule has 0 rings (SSSR count). The van der Waals surface area contributed by atoms with Gasteiger partial charge >= 0.3 is 18.0 Å². The van der Waals surface area contributed by atoms with Gasteiger partial charge in [-0.3, -0.25) is 4.79 Å². The zero-order valence-electron chi connectivity index (χ0n) is 19.5. The quantitative estimate of drug-likeness (QED) is 0.173. The third-order valence-corrected chi connectivity index (χ3v) is 3.32. The van der Waals surface area contributed by atoms with E-state index in [1.165, 1.54) is 0 Å². The van der Waals surface area contributed by atoms with Crippen LogP contribution in [0.15, 0.2) is 0 Å². The third-order valence-electron chi connectivity index (χ3n) is 3.32. The van der Waals surface area contributed by atoms with E-state index in [9.17, 15) is 34.6 Å². The Bertz CT molecular complexity index is 699. The summed E-state index contributed by atoms with van der Waals surface area (Å²) in [6, 6.07) is -1.20. The van der Waals surface area contributed by atoms with Gasteiger partial charge in [-0.05, 0) is 48.0 Å². The first kappa shape index (κ1) is 29.6. The molecule has 15 heteroatoms. The van der Waals surface area contributed by atoms with E-state index in [0.717, 1.165) is 0 Å². The number of ether oxygens (including phenoxy) is 3. The molecule has 33 heavy (non-hydrogen) atoms. The lowest BCUT2D eigenvalue weighted by Gasteiger charge is -2.26. The average molecular weight is 481 g/mol. The van der Waals surface area contributed by atoms with E-state index in [2.05, 4.69) is 15.0 Å². The van der Waals surface area contributed by atoms with Gasteiger partial charge in [0.15, 0.2) is 0 Å². The fraction of sp³-hybridized carbons (Fsp3) is 0.833. The molecule has 1 amide bonds. The molecule has 0 heterocycles. The molecule has 0 radical (unpaired) electrons. The summed E-state index contributed by atoms with van der Waals surface area (Å²) in [5.74, 6) is -1.57. The van der Waals surface area contributed by atoms with Crippen LogP contribution in [0.3, 0.4) is 0 Å². The Balaban J connectivity index is 4.82. The second-order valence-corrected chi connectivity index (χ2v) is 8.75. The van der Waals surface area contributed by atoms with Crippen molar-refractivity contribution < 1.29 is 48.4 Å². The lowest BCUT2D eigenvalue weighted by Crippen LogP contribution is -2.46. The van der Waals surface area contributed by atoms with Gasteiger partial charge in [0.05, 0.1) is 6.61 Å². The van der Waals surface area contributed by atoms with Crippen LogP contribution < -0.4 is 5.32 Å². The van der Waals surface area contributed by atoms with E-state index >= 15 is 0 Å². The van der Waals surface area contributed by atoms with Gasteiger partial charge in [-0.15, -0.1) is 20.2 Å². The predicted molar refractivity (Wildman–Crippen MR) is 109 cm³/mol. The molecule has 0 aliphatic carbocycles. The molecule has 15 nitrogen and oxygen atoms in total. The lowest BCUT2D eigenvalue weighted by molar-refractivity contribution is -0.790. The van der Waals surface area contributed by atoms with Crippen molar-refractivity contribution in [1.82, 2.24) is 5.32 Å². The van der Waals surface area contributed by atoms with Gasteiger partial charge in [0.25, 0.3) is 10.2 Å². The Morgan fingerprint density at radius 2 is 1.48 bits per heavy atom. The summed E-state index contributed by atoms with van der Waals surface area (Å²) in [4.78, 5) is 65.3. The van der Waals surface area contributed by atoms with Crippen molar-refractivity contribution in [3.63, 3.8) is 0 Å². The van der Waals surface area contributed by atoms with Gasteiger partial charge in [0, 0.05) is 12.8 Å². The highest BCUT2D eigenvalue weighted by Gasteiger charge is 2.29. The van der Waals surface area contributed by atoms with Gasteiger partial charge in [0.1, 0.15) is 30.0 Å². The minimum Gasteiger partial charge on any atom is -0.466 e. The highest BCUT2D eigenvalue weighted by Crippen LogP contribution is 2.13. The fourth-order valence-corrected chi connectivity index (χ4v) is 2.14. The van der Waals surface area contributed by atoms with Gasteiger partial charge in [0.2, 0.25) is 0 Å². The van der Waals surface area contributed by atoms with Crippen LogP contribution >= 0.6 is 0 Å². The van der Waals surface area contributed by atoms with Crippen molar-refractivity contribution in [1.29, 1.82) is 0 Å². The first-order chi connectivity index (χ1) is 15.0. The van der Waals surface area contributed by atoms with E-state index in [1.807, 2.05) is 0 Å². The summed E-state index contributed by atoms with van der Waals surface area (Å²) in [5.41, 5.74) is -1.66. The molecule has 0 unspecified atom stereocenters. The highest BCUT2D eigenvalue weighted by molar-refractivity contribution is 5.82. The maximum Gasteiger partial charge on any atom is 0.408 e. The summed E-state index contributed by atoms with van der Waals surface area (Å²) < 4.78 is 15.3. The minimum atomic E-state index is -1.33. The van der Waals surface area contributed by atoms with Crippen molar-refractivity contribution in [2.75, 3.05) is 13.2 Å². The van der Waals surface area contributed by atoms with Crippen LogP contribution in [-0.2, 0) is 33.5 Å². The molecule has 2 atom stereocenters. The van der Waals surface area contributed by atoms with E-state index in [4.69, 9.17) is 14.2 Å². The Kier molecular flexibility index (Phi) is 11.9. The number of amides is 1. The van der Waals surface area contributed by atoms with Crippen LogP contribution in [0.2, 0.25) is 0 Å². The molecule has 0 aromatic heterocycles. The molecule has 0 aliphatic heterocycles. The molecule has 0 fully saturated rings. The molecule has 190 valence electrons. The van der Waals surface area contributed by atoms with Crippen LogP contribution in [0.5, 0.6) is 0 Å². The number of hydrogen-bond acceptors (Lipinski definition) is 12. The zero-order chi connectivity index (χ0) is 25.8. The van der Waals surface area contributed by atoms with Crippen LogP contribution in [0, 0.1) is 20.2 Å². The summed E-state index contributed by atoms with van der Waals surface area (Å²) in [6.07, 6.45) is -2.96. The topological polar surface area (TPSA) is 196 Å². The van der Waals surface area contributed by atoms with Gasteiger partial charge < -0.3 is 29.2 Å². The number of nitrogens with one attached hydrogen (secondary N) is 1. The number of esters is 2. The lowest BCUT2D eigenvalue weighted by atomic mass is 10.1. The molecule has 1 N–H and O–H groups in total. The predicted octanol–water partition coefficient (Wildman–Crippen LogP) is 1.72. The van der Waals surface area contributed by atoms with Gasteiger partial charge in [-0.25, -0.2) is 9.59 Å². The Labute approximate surface area is 190 Å². The number of carbonyl (C=O) groups excluding carboxylic acids is 3. The number of nitrogens with zero attached hydrogens (tertiary/aromatic N) is 2. The van der Waals surface area contributed by atoms with Crippen molar-refractivity contribution in [2.45, 2.75) is 84.2 Å². The smallest absolute Gasteiger partial charge is 0.408 e. The number of alkyl carbamates (subject to hydrolysis) is 1. The van der Waals surface area contributed by atoms with Crippen molar-refractivity contribution in [2.24, 2.45) is 0 Å². The standard InChI is InChI=1S/C18H31N3O12/c1-17(2,3)31-15(23)13(19-16(24)32-18(4,5)6)7-8-14(22)29-10-9-12(33-21(27)28)11-30-20(25)26/h12-13H,7-11H2,1-6H3,(H,19,24)/t12-,13-/m0/s1. The second-order valence-electron chi connectivity index (χ2n) is 8.75. The van der Waals surface area contributed by atoms with E-state index in [1.54, 1.807) is 41.5 Å². The van der Waals surface area contributed by atoms with Crippen molar-refractivity contribution in [3.8, 4) is 0 Å². The van der Waals surface area contributed by atoms with Crippen LogP contribution in [0.25, 0.3) is 0 Å². The maximum atomic E-state index is 12.4. The van der Waals surface area contributed by atoms with Crippen molar-refractivity contribution >= 4 is 18.0 Å². The summed E-state index contributed by atoms with van der Waals surface area (Å²) in [5, 5.41) is 20.7. The van der Waals surface area contributed by atoms with E-state index in [0.29, 0.717) is 0 Å². The monoisotopic (exact) mass is 481 g/mol. The zero-order valence-corrected chi connectivity index (χ0v) is 19.5. The van der Waals surface area contributed by atoms with E-state index in [-0.39, 0.29) is 25.9 Å². The second kappa shape index (κ2) is 13.2. The van der Waals surface area contributed by atoms with Gasteiger partial charge in [-0.2, -0.15) is 0 Å². The highest BCUT2D eigenvalue weighted by atomic mass is 17.0. The SMILES string of the molecule is CC(C)(C)OC(=O)N[C@@H](CCC(=O)OCC[C@@H](CO[N+](=O)[O-])O[N+](=O)[O-])C(=O)OC(C)(C)C. The number of hydrogen-bond donors (Lipinski definition) is 1. The fourth-order valence-electron chi connectivity index (χ4n) is 2.14. The molecule has 0 saturated heterocycles. The molecule has 0 spiro atoms. The first-order valence-corrected chi connectivity index (χ1v) is 9.95. The molecular weight excluding hydrogens is 450 g/mol. The third kappa shape index (κ3) is 16.9. The van der Waals surface area contributed by atoms with Crippen LogP contribution in [0.4, 0.5) is 4.79 Å². The largest absolute Gasteiger partial charge is 0.466 e. The van der Waals surface area contributed by atoms with Gasteiger partial charge in [-0.1, -0.05) is 0 Å². The van der Waals surface area contributed by atoms with E-state index < -0.39 is 58.2 Å². The Hall–Kier alpha value is -3.39. The molecule has 0 aromatic carbocycles. The molecule has 0 saturated carbocycles. The maximum absolute atomic E-state index is 12.4. The Morgan fingerprint density at radius 3 is 1.97 bits per heavy atom. The number of rotatable bonds is 13.